The predicted octanol–water partition coefficient (Wildman–Crippen LogP) is 0.628. The van der Waals surface area contributed by atoms with E-state index >= 15 is 0 Å². The summed E-state index contributed by atoms with van der Waals surface area (Å²) in [4.78, 5) is 23.3. The van der Waals surface area contributed by atoms with Crippen molar-refractivity contribution in [2.24, 2.45) is 0 Å². The lowest BCUT2D eigenvalue weighted by Crippen LogP contribution is -2.42. The van der Waals surface area contributed by atoms with Crippen LogP contribution in [-0.2, 0) is 4.79 Å². The molecule has 0 aliphatic rings. The minimum absolute atomic E-state index is 0.0137. The Morgan fingerprint density at radius 3 is 2.80 bits per heavy atom. The number of thioether (sulfide) groups is 1. The monoisotopic (exact) mass is 300 g/mol. The second-order valence-electron chi connectivity index (χ2n) is 4.33. The van der Waals surface area contributed by atoms with Crippen LogP contribution < -0.4 is 10.6 Å². The van der Waals surface area contributed by atoms with E-state index in [0.29, 0.717) is 5.56 Å². The van der Waals surface area contributed by atoms with Crippen LogP contribution in [0.3, 0.4) is 0 Å². The Morgan fingerprint density at radius 2 is 2.25 bits per heavy atom. The zero-order valence-electron chi connectivity index (χ0n) is 11.6. The Kier molecular flexibility index (Phi) is 7.17. The van der Waals surface area contributed by atoms with Crippen molar-refractivity contribution in [2.45, 2.75) is 24.6 Å². The number of carbonyl (C=O) groups excluding carboxylic acids is 2. The molecule has 112 valence electrons. The lowest BCUT2D eigenvalue weighted by molar-refractivity contribution is -0.121. The fourth-order valence-electron chi connectivity index (χ4n) is 1.64. The summed E-state index contributed by atoms with van der Waals surface area (Å²) < 4.78 is 4.80. The molecule has 0 aromatic carbocycles. The van der Waals surface area contributed by atoms with Crippen LogP contribution in [0, 0.1) is 0 Å². The number of aliphatic hydroxyl groups excluding tert-OH is 1. The molecular weight excluding hydrogens is 280 g/mol. The van der Waals surface area contributed by atoms with E-state index in [1.165, 1.54) is 24.3 Å². The number of rotatable bonds is 8. The average Bonchev–Trinajstić information content (AvgIpc) is 2.93. The van der Waals surface area contributed by atoms with Gasteiger partial charge in [0.05, 0.1) is 18.4 Å². The van der Waals surface area contributed by atoms with Crippen molar-refractivity contribution in [3.8, 4) is 0 Å². The van der Waals surface area contributed by atoms with Gasteiger partial charge < -0.3 is 20.2 Å². The zero-order valence-corrected chi connectivity index (χ0v) is 12.4. The third-order valence-corrected chi connectivity index (χ3v) is 4.01. The van der Waals surface area contributed by atoms with E-state index in [-0.39, 0.29) is 42.7 Å². The molecule has 0 spiro atoms. The molecule has 2 atom stereocenters. The van der Waals surface area contributed by atoms with Gasteiger partial charge >= 0.3 is 0 Å². The molecule has 7 heteroatoms. The molecule has 0 saturated carbocycles. The van der Waals surface area contributed by atoms with Gasteiger partial charge in [-0.1, -0.05) is 0 Å². The lowest BCUT2D eigenvalue weighted by atomic mass is 10.2. The van der Waals surface area contributed by atoms with Crippen molar-refractivity contribution in [2.75, 3.05) is 19.4 Å². The second kappa shape index (κ2) is 8.65. The molecule has 1 aromatic heterocycles. The largest absolute Gasteiger partial charge is 0.472 e. The number of furan rings is 1. The molecule has 0 saturated heterocycles. The molecule has 0 aliphatic heterocycles. The lowest BCUT2D eigenvalue weighted by Gasteiger charge is -2.21. The predicted molar refractivity (Wildman–Crippen MR) is 77.7 cm³/mol. The Bertz CT molecular complexity index is 418. The normalized spacial score (nSPS) is 13.6. The SMILES string of the molecule is CSC(CO)C(C)NC(=O)CCNC(=O)c1ccoc1. The maximum Gasteiger partial charge on any atom is 0.254 e. The molecule has 0 bridgehead atoms. The van der Waals surface area contributed by atoms with Crippen molar-refractivity contribution in [1.82, 2.24) is 10.6 Å². The van der Waals surface area contributed by atoms with Gasteiger partial charge in [0.1, 0.15) is 6.26 Å². The third kappa shape index (κ3) is 5.26. The highest BCUT2D eigenvalue weighted by atomic mass is 32.2. The number of carbonyl (C=O) groups is 2. The van der Waals surface area contributed by atoms with Crippen molar-refractivity contribution in [3.63, 3.8) is 0 Å². The molecule has 2 amide bonds. The standard InChI is InChI=1S/C13H20N2O4S/c1-9(11(7-16)20-2)15-12(17)3-5-14-13(18)10-4-6-19-8-10/h4,6,8-9,11,16H,3,5,7H2,1-2H3,(H,14,18)(H,15,17). The molecule has 6 nitrogen and oxygen atoms in total. The Labute approximate surface area is 122 Å². The maximum atomic E-state index is 11.7. The summed E-state index contributed by atoms with van der Waals surface area (Å²) in [5.41, 5.74) is 0.432. The molecule has 0 aliphatic carbocycles. The first kappa shape index (κ1) is 16.6. The van der Waals surface area contributed by atoms with Crippen LogP contribution in [0.15, 0.2) is 23.0 Å². The first-order valence-corrected chi connectivity index (χ1v) is 7.60. The molecular formula is C13H20N2O4S. The van der Waals surface area contributed by atoms with E-state index in [1.54, 1.807) is 6.07 Å². The fraction of sp³-hybridized carbons (Fsp3) is 0.538. The fourth-order valence-corrected chi connectivity index (χ4v) is 2.27. The highest BCUT2D eigenvalue weighted by Gasteiger charge is 2.17. The van der Waals surface area contributed by atoms with Gasteiger partial charge in [-0.25, -0.2) is 0 Å². The van der Waals surface area contributed by atoms with Crippen molar-refractivity contribution < 1.29 is 19.1 Å². The highest BCUT2D eigenvalue weighted by Crippen LogP contribution is 2.10. The van der Waals surface area contributed by atoms with Gasteiger partial charge in [0, 0.05) is 24.3 Å². The topological polar surface area (TPSA) is 91.6 Å². The number of hydrogen-bond acceptors (Lipinski definition) is 5. The molecule has 2 unspecified atom stereocenters. The highest BCUT2D eigenvalue weighted by molar-refractivity contribution is 7.99. The minimum atomic E-state index is -0.267. The van der Waals surface area contributed by atoms with Crippen LogP contribution in [0.25, 0.3) is 0 Å². The summed E-state index contributed by atoms with van der Waals surface area (Å²) in [5, 5.41) is 14.5. The quantitative estimate of drug-likeness (QED) is 0.655. The van der Waals surface area contributed by atoms with Crippen molar-refractivity contribution >= 4 is 23.6 Å². The van der Waals surface area contributed by atoms with Gasteiger partial charge in [0.25, 0.3) is 5.91 Å². The average molecular weight is 300 g/mol. The molecule has 1 aromatic rings. The van der Waals surface area contributed by atoms with E-state index in [4.69, 9.17) is 9.52 Å². The van der Waals surface area contributed by atoms with E-state index in [9.17, 15) is 9.59 Å². The van der Waals surface area contributed by atoms with Gasteiger partial charge in [-0.15, -0.1) is 0 Å². The number of hydrogen-bond donors (Lipinski definition) is 3. The summed E-state index contributed by atoms with van der Waals surface area (Å²) in [5.74, 6) is -0.422. The number of amides is 2. The van der Waals surface area contributed by atoms with Gasteiger partial charge in [0.15, 0.2) is 0 Å². The molecule has 0 fully saturated rings. The van der Waals surface area contributed by atoms with Crippen LogP contribution in [0.5, 0.6) is 0 Å². The minimum Gasteiger partial charge on any atom is -0.472 e. The second-order valence-corrected chi connectivity index (χ2v) is 5.41. The van der Waals surface area contributed by atoms with Crippen LogP contribution in [0.2, 0.25) is 0 Å². The Morgan fingerprint density at radius 1 is 1.50 bits per heavy atom. The van der Waals surface area contributed by atoms with Gasteiger partial charge in [-0.2, -0.15) is 11.8 Å². The summed E-state index contributed by atoms with van der Waals surface area (Å²) in [7, 11) is 0. The van der Waals surface area contributed by atoms with Crippen LogP contribution in [0.1, 0.15) is 23.7 Å². The first-order chi connectivity index (χ1) is 9.58. The molecule has 0 radical (unpaired) electrons. The van der Waals surface area contributed by atoms with E-state index in [0.717, 1.165) is 0 Å². The Hall–Kier alpha value is -1.47. The van der Waals surface area contributed by atoms with Gasteiger partial charge in [0.2, 0.25) is 5.91 Å². The van der Waals surface area contributed by atoms with E-state index < -0.39 is 0 Å². The summed E-state index contributed by atoms with van der Waals surface area (Å²) in [6.45, 7) is 2.12. The summed E-state index contributed by atoms with van der Waals surface area (Å²) in [6, 6.07) is 1.44. The zero-order chi connectivity index (χ0) is 15.0. The molecule has 1 heterocycles. The number of aliphatic hydroxyl groups is 1. The molecule has 20 heavy (non-hydrogen) atoms. The summed E-state index contributed by atoms with van der Waals surface area (Å²) in [6.07, 6.45) is 4.84. The maximum absolute atomic E-state index is 11.7. The van der Waals surface area contributed by atoms with Crippen LogP contribution in [0.4, 0.5) is 0 Å². The van der Waals surface area contributed by atoms with E-state index in [1.807, 2.05) is 13.2 Å². The third-order valence-electron chi connectivity index (χ3n) is 2.85. The van der Waals surface area contributed by atoms with Gasteiger partial charge in [-0.3, -0.25) is 9.59 Å². The Balaban J connectivity index is 2.25. The van der Waals surface area contributed by atoms with Crippen LogP contribution in [-0.4, -0.2) is 47.6 Å². The first-order valence-electron chi connectivity index (χ1n) is 6.32. The molecule has 3 N–H and O–H groups in total. The van der Waals surface area contributed by atoms with Crippen molar-refractivity contribution in [1.29, 1.82) is 0 Å². The van der Waals surface area contributed by atoms with Gasteiger partial charge in [-0.05, 0) is 19.2 Å². The smallest absolute Gasteiger partial charge is 0.254 e. The van der Waals surface area contributed by atoms with E-state index in [2.05, 4.69) is 10.6 Å². The summed E-state index contributed by atoms with van der Waals surface area (Å²) >= 11 is 1.50. The number of nitrogens with one attached hydrogen (secondary N) is 2. The molecule has 1 rings (SSSR count). The van der Waals surface area contributed by atoms with Crippen LogP contribution >= 0.6 is 11.8 Å². The van der Waals surface area contributed by atoms with Crippen molar-refractivity contribution in [3.05, 3.63) is 24.2 Å².